The van der Waals surface area contributed by atoms with Crippen molar-refractivity contribution in [2.45, 2.75) is 19.1 Å². The fourth-order valence-electron chi connectivity index (χ4n) is 2.44. The number of nitrogens with zero attached hydrogens (tertiary/aromatic N) is 4. The van der Waals surface area contributed by atoms with Crippen molar-refractivity contribution >= 4 is 5.91 Å². The van der Waals surface area contributed by atoms with Crippen LogP contribution in [0.2, 0.25) is 0 Å². The van der Waals surface area contributed by atoms with Crippen molar-refractivity contribution in [3.05, 3.63) is 18.2 Å². The van der Waals surface area contributed by atoms with E-state index in [1.165, 1.54) is 0 Å². The van der Waals surface area contributed by atoms with Crippen LogP contribution in [-0.2, 0) is 23.1 Å². The zero-order valence-electron chi connectivity index (χ0n) is 12.1. The molecule has 1 aliphatic rings. The summed E-state index contributed by atoms with van der Waals surface area (Å²) in [6, 6.07) is 0. The minimum Gasteiger partial charge on any atom is -0.363 e. The Bertz CT molecular complexity index is 457. The Labute approximate surface area is 114 Å². The fourth-order valence-corrected chi connectivity index (χ4v) is 2.44. The summed E-state index contributed by atoms with van der Waals surface area (Å²) in [6.45, 7) is 4.59. The first-order valence-corrected chi connectivity index (χ1v) is 6.46. The van der Waals surface area contributed by atoms with Gasteiger partial charge in [-0.25, -0.2) is 4.98 Å². The maximum Gasteiger partial charge on any atom is 0.255 e. The number of hydrogen-bond acceptors (Lipinski definition) is 4. The van der Waals surface area contributed by atoms with Crippen molar-refractivity contribution in [1.29, 1.82) is 0 Å². The Hall–Kier alpha value is -1.40. The zero-order valence-corrected chi connectivity index (χ0v) is 12.1. The SMILES string of the molecule is CN(C)C(=O)C1(C)CN(Cc2nccn2C)CCO1. The van der Waals surface area contributed by atoms with Gasteiger partial charge in [0.2, 0.25) is 0 Å². The van der Waals surface area contributed by atoms with Gasteiger partial charge in [-0.05, 0) is 6.92 Å². The number of amides is 1. The summed E-state index contributed by atoms with van der Waals surface area (Å²) in [7, 11) is 5.50. The molecule has 0 aliphatic carbocycles. The summed E-state index contributed by atoms with van der Waals surface area (Å²) in [6.07, 6.45) is 3.72. The van der Waals surface area contributed by atoms with E-state index < -0.39 is 5.60 Å². The zero-order chi connectivity index (χ0) is 14.0. The van der Waals surface area contributed by atoms with Crippen LogP contribution in [0.4, 0.5) is 0 Å². The summed E-state index contributed by atoms with van der Waals surface area (Å²) >= 11 is 0. The first-order valence-electron chi connectivity index (χ1n) is 6.46. The summed E-state index contributed by atoms with van der Waals surface area (Å²) in [4.78, 5) is 20.3. The maximum atomic E-state index is 12.2. The summed E-state index contributed by atoms with van der Waals surface area (Å²) in [5.74, 6) is 1.01. The topological polar surface area (TPSA) is 50.6 Å². The van der Waals surface area contributed by atoms with Crippen molar-refractivity contribution < 1.29 is 9.53 Å². The van der Waals surface area contributed by atoms with Crippen LogP contribution in [0.3, 0.4) is 0 Å². The molecule has 1 aliphatic heterocycles. The summed E-state index contributed by atoms with van der Waals surface area (Å²) in [5, 5.41) is 0. The Balaban J connectivity index is 2.05. The van der Waals surface area contributed by atoms with Gasteiger partial charge in [0.25, 0.3) is 5.91 Å². The predicted molar refractivity (Wildman–Crippen MR) is 71.5 cm³/mol. The average Bonchev–Trinajstić information content (AvgIpc) is 2.74. The molecule has 2 rings (SSSR count). The van der Waals surface area contributed by atoms with Crippen LogP contribution < -0.4 is 0 Å². The average molecular weight is 266 g/mol. The minimum atomic E-state index is -0.757. The second-order valence-electron chi connectivity index (χ2n) is 5.44. The number of carbonyl (C=O) groups excluding carboxylic acids is 1. The molecule has 0 radical (unpaired) electrons. The number of rotatable bonds is 3. The highest BCUT2D eigenvalue weighted by atomic mass is 16.5. The third kappa shape index (κ3) is 2.96. The van der Waals surface area contributed by atoms with Gasteiger partial charge in [0.15, 0.2) is 5.60 Å². The van der Waals surface area contributed by atoms with Gasteiger partial charge < -0.3 is 14.2 Å². The number of hydrogen-bond donors (Lipinski definition) is 0. The summed E-state index contributed by atoms with van der Waals surface area (Å²) in [5.41, 5.74) is -0.757. The van der Waals surface area contributed by atoms with Gasteiger partial charge in [0.1, 0.15) is 5.82 Å². The lowest BCUT2D eigenvalue weighted by Gasteiger charge is -2.40. The van der Waals surface area contributed by atoms with E-state index in [0.29, 0.717) is 13.2 Å². The molecule has 0 aromatic carbocycles. The molecule has 1 amide bonds. The lowest BCUT2D eigenvalue weighted by molar-refractivity contribution is -0.165. The molecule has 6 nitrogen and oxygen atoms in total. The van der Waals surface area contributed by atoms with E-state index in [0.717, 1.165) is 18.9 Å². The molecule has 0 spiro atoms. The number of likely N-dealkylation sites (N-methyl/N-ethyl adjacent to an activating group) is 1. The Morgan fingerprint density at radius 2 is 2.32 bits per heavy atom. The predicted octanol–water partition coefficient (Wildman–Crippen LogP) is 0.0992. The lowest BCUT2D eigenvalue weighted by atomic mass is 10.0. The van der Waals surface area contributed by atoms with Crippen molar-refractivity contribution in [2.24, 2.45) is 7.05 Å². The molecule has 1 saturated heterocycles. The van der Waals surface area contributed by atoms with Crippen LogP contribution in [0.15, 0.2) is 12.4 Å². The number of aryl methyl sites for hydroxylation is 1. The maximum absolute atomic E-state index is 12.2. The molecule has 19 heavy (non-hydrogen) atoms. The van der Waals surface area contributed by atoms with Gasteiger partial charge in [-0.1, -0.05) is 0 Å². The van der Waals surface area contributed by atoms with Gasteiger partial charge >= 0.3 is 0 Å². The van der Waals surface area contributed by atoms with Gasteiger partial charge in [-0.15, -0.1) is 0 Å². The number of ether oxygens (including phenoxy) is 1. The second kappa shape index (κ2) is 5.30. The Morgan fingerprint density at radius 1 is 1.58 bits per heavy atom. The monoisotopic (exact) mass is 266 g/mol. The van der Waals surface area contributed by atoms with Crippen molar-refractivity contribution in [3.8, 4) is 0 Å². The molecule has 0 N–H and O–H groups in total. The van der Waals surface area contributed by atoms with E-state index >= 15 is 0 Å². The van der Waals surface area contributed by atoms with Gasteiger partial charge in [-0.3, -0.25) is 9.69 Å². The molecule has 1 unspecified atom stereocenters. The van der Waals surface area contributed by atoms with Crippen molar-refractivity contribution in [1.82, 2.24) is 19.4 Å². The van der Waals surface area contributed by atoms with Gasteiger partial charge in [-0.2, -0.15) is 0 Å². The second-order valence-corrected chi connectivity index (χ2v) is 5.44. The first kappa shape index (κ1) is 14.0. The normalized spacial score (nSPS) is 24.4. The molecular weight excluding hydrogens is 244 g/mol. The third-order valence-corrected chi connectivity index (χ3v) is 3.50. The van der Waals surface area contributed by atoms with Crippen LogP contribution in [0.25, 0.3) is 0 Å². The third-order valence-electron chi connectivity index (χ3n) is 3.50. The number of carbonyl (C=O) groups is 1. The largest absolute Gasteiger partial charge is 0.363 e. The molecule has 6 heteroatoms. The molecule has 1 atom stereocenters. The van der Waals surface area contributed by atoms with E-state index in [-0.39, 0.29) is 5.91 Å². The molecule has 2 heterocycles. The number of morpholine rings is 1. The first-order chi connectivity index (χ1) is 8.92. The lowest BCUT2D eigenvalue weighted by Crippen LogP contribution is -2.57. The quantitative estimate of drug-likeness (QED) is 0.778. The van der Waals surface area contributed by atoms with E-state index in [9.17, 15) is 4.79 Å². The molecule has 0 saturated carbocycles. The van der Waals surface area contributed by atoms with Gasteiger partial charge in [0, 0.05) is 46.6 Å². The van der Waals surface area contributed by atoms with Crippen LogP contribution in [0, 0.1) is 0 Å². The van der Waals surface area contributed by atoms with E-state index in [1.807, 2.05) is 24.7 Å². The van der Waals surface area contributed by atoms with Crippen LogP contribution in [0.5, 0.6) is 0 Å². The van der Waals surface area contributed by atoms with Crippen LogP contribution in [-0.4, -0.2) is 64.7 Å². The highest BCUT2D eigenvalue weighted by Gasteiger charge is 2.40. The van der Waals surface area contributed by atoms with E-state index in [4.69, 9.17) is 4.74 Å². The van der Waals surface area contributed by atoms with Crippen LogP contribution >= 0.6 is 0 Å². The molecule has 1 fully saturated rings. The summed E-state index contributed by atoms with van der Waals surface area (Å²) < 4.78 is 7.71. The molecule has 1 aromatic rings. The van der Waals surface area contributed by atoms with Crippen molar-refractivity contribution in [3.63, 3.8) is 0 Å². The fraction of sp³-hybridized carbons (Fsp3) is 0.692. The smallest absolute Gasteiger partial charge is 0.255 e. The molecule has 106 valence electrons. The molecule has 0 bridgehead atoms. The van der Waals surface area contributed by atoms with E-state index in [1.54, 1.807) is 25.2 Å². The molecular formula is C13H22N4O2. The molecule has 1 aromatic heterocycles. The number of aromatic nitrogens is 2. The Kier molecular flexibility index (Phi) is 3.91. The van der Waals surface area contributed by atoms with Gasteiger partial charge in [0.05, 0.1) is 13.2 Å². The van der Waals surface area contributed by atoms with Crippen LogP contribution in [0.1, 0.15) is 12.7 Å². The highest BCUT2D eigenvalue weighted by Crippen LogP contribution is 2.20. The van der Waals surface area contributed by atoms with E-state index in [2.05, 4.69) is 9.88 Å². The minimum absolute atomic E-state index is 0.0111. The standard InChI is InChI=1S/C13H22N4O2/c1-13(12(18)15(2)3)10-17(7-8-19-13)9-11-14-5-6-16(11)4/h5-6H,7-10H2,1-4H3. The highest BCUT2D eigenvalue weighted by molar-refractivity contribution is 5.84. The van der Waals surface area contributed by atoms with Crippen molar-refractivity contribution in [2.75, 3.05) is 33.8 Å². The Morgan fingerprint density at radius 3 is 2.89 bits per heavy atom. The number of imidazole rings is 1.